The number of aromatic nitrogens is 2. The van der Waals surface area contributed by atoms with Gasteiger partial charge in [0, 0.05) is 11.8 Å². The Labute approximate surface area is 95.1 Å². The van der Waals surface area contributed by atoms with Crippen LogP contribution in [0, 0.1) is 0 Å². The van der Waals surface area contributed by atoms with Crippen molar-refractivity contribution in [2.45, 2.75) is 0 Å². The van der Waals surface area contributed by atoms with E-state index in [0.717, 1.165) is 15.9 Å². The Balaban J connectivity index is 2.44. The van der Waals surface area contributed by atoms with E-state index in [1.807, 2.05) is 24.3 Å². The normalized spacial score (nSPS) is 10.1. The minimum absolute atomic E-state index is 0.490. The summed E-state index contributed by atoms with van der Waals surface area (Å²) >= 11 is 9.01. The van der Waals surface area contributed by atoms with Crippen molar-refractivity contribution in [3.8, 4) is 11.3 Å². The van der Waals surface area contributed by atoms with Crippen LogP contribution in [0.5, 0.6) is 0 Å². The third-order valence-electron chi connectivity index (χ3n) is 1.74. The molecule has 0 aliphatic carbocycles. The van der Waals surface area contributed by atoms with Gasteiger partial charge < -0.3 is 0 Å². The maximum atomic E-state index is 5.69. The molecule has 0 saturated carbocycles. The highest BCUT2D eigenvalue weighted by atomic mass is 79.9. The number of nitrogens with zero attached hydrogens (tertiary/aromatic N) is 2. The van der Waals surface area contributed by atoms with Crippen molar-refractivity contribution >= 4 is 27.5 Å². The molecule has 0 fully saturated rings. The Morgan fingerprint density at radius 1 is 1.14 bits per heavy atom. The van der Waals surface area contributed by atoms with Gasteiger partial charge in [-0.25, -0.2) is 9.97 Å². The van der Waals surface area contributed by atoms with Crippen LogP contribution in [0.1, 0.15) is 0 Å². The first-order valence-corrected chi connectivity index (χ1v) is 5.17. The van der Waals surface area contributed by atoms with Crippen molar-refractivity contribution in [3.05, 3.63) is 46.3 Å². The molecule has 2 heterocycles. The van der Waals surface area contributed by atoms with Crippen LogP contribution in [0.2, 0.25) is 5.15 Å². The van der Waals surface area contributed by atoms with Gasteiger partial charge in [-0.2, -0.15) is 0 Å². The van der Waals surface area contributed by atoms with Crippen LogP contribution in [0.25, 0.3) is 11.3 Å². The molecule has 0 N–H and O–H groups in total. The third-order valence-corrected chi connectivity index (χ3v) is 2.40. The summed E-state index contributed by atoms with van der Waals surface area (Å²) in [7, 11) is 0. The largest absolute Gasteiger partial charge is 0.244 e. The molecule has 2 aromatic rings. The van der Waals surface area contributed by atoms with E-state index in [0.29, 0.717) is 5.15 Å². The SMILES string of the molecule is Clc1ccc(-c2cccc(Br)n2)cn1. The first kappa shape index (κ1) is 9.62. The van der Waals surface area contributed by atoms with Crippen LogP contribution in [0.15, 0.2) is 41.1 Å². The van der Waals surface area contributed by atoms with Gasteiger partial charge in [-0.05, 0) is 40.2 Å². The highest BCUT2D eigenvalue weighted by molar-refractivity contribution is 9.10. The summed E-state index contributed by atoms with van der Waals surface area (Å²) < 4.78 is 0.810. The molecular weight excluding hydrogens is 263 g/mol. The molecule has 0 aromatic carbocycles. The lowest BCUT2D eigenvalue weighted by Gasteiger charge is -2.00. The molecule has 0 atom stereocenters. The summed E-state index contributed by atoms with van der Waals surface area (Å²) in [5.74, 6) is 0. The second-order valence-electron chi connectivity index (χ2n) is 2.72. The Morgan fingerprint density at radius 3 is 2.64 bits per heavy atom. The minimum Gasteiger partial charge on any atom is -0.244 e. The van der Waals surface area contributed by atoms with E-state index in [1.165, 1.54) is 0 Å². The number of pyridine rings is 2. The van der Waals surface area contributed by atoms with Gasteiger partial charge in [0.1, 0.15) is 9.76 Å². The topological polar surface area (TPSA) is 25.8 Å². The number of hydrogen-bond donors (Lipinski definition) is 0. The van der Waals surface area contributed by atoms with E-state index in [4.69, 9.17) is 11.6 Å². The molecule has 0 spiro atoms. The molecule has 14 heavy (non-hydrogen) atoms. The maximum absolute atomic E-state index is 5.69. The molecule has 70 valence electrons. The summed E-state index contributed by atoms with van der Waals surface area (Å²) in [6.45, 7) is 0. The number of halogens is 2. The summed E-state index contributed by atoms with van der Waals surface area (Å²) in [6.07, 6.45) is 1.71. The van der Waals surface area contributed by atoms with Gasteiger partial charge in [-0.15, -0.1) is 0 Å². The standard InChI is InChI=1S/C10H6BrClN2/c11-9-3-1-2-8(14-9)7-4-5-10(12)13-6-7/h1-6H. The van der Waals surface area contributed by atoms with Crippen LogP contribution in [0.3, 0.4) is 0 Å². The van der Waals surface area contributed by atoms with Crippen LogP contribution in [-0.2, 0) is 0 Å². The number of hydrogen-bond acceptors (Lipinski definition) is 2. The molecule has 0 aliphatic rings. The predicted molar refractivity (Wildman–Crippen MR) is 60.2 cm³/mol. The van der Waals surface area contributed by atoms with E-state index < -0.39 is 0 Å². The lowest BCUT2D eigenvalue weighted by Crippen LogP contribution is -1.84. The molecule has 0 radical (unpaired) electrons. The Kier molecular flexibility index (Phi) is 2.79. The fourth-order valence-electron chi connectivity index (χ4n) is 1.10. The van der Waals surface area contributed by atoms with Crippen LogP contribution >= 0.6 is 27.5 Å². The van der Waals surface area contributed by atoms with E-state index in [-0.39, 0.29) is 0 Å². The molecule has 0 amide bonds. The third kappa shape index (κ3) is 2.11. The molecule has 0 aliphatic heterocycles. The van der Waals surface area contributed by atoms with E-state index in [9.17, 15) is 0 Å². The highest BCUT2D eigenvalue weighted by Gasteiger charge is 1.99. The van der Waals surface area contributed by atoms with Crippen molar-refractivity contribution in [1.82, 2.24) is 9.97 Å². The molecule has 2 nitrogen and oxygen atoms in total. The summed E-state index contributed by atoms with van der Waals surface area (Å²) in [5, 5.41) is 0.490. The molecule has 0 unspecified atom stereocenters. The molecule has 2 rings (SSSR count). The molecule has 0 bridgehead atoms. The quantitative estimate of drug-likeness (QED) is 0.740. The van der Waals surface area contributed by atoms with Gasteiger partial charge >= 0.3 is 0 Å². The van der Waals surface area contributed by atoms with Gasteiger partial charge in [-0.3, -0.25) is 0 Å². The Hall–Kier alpha value is -0.930. The Morgan fingerprint density at radius 2 is 2.00 bits per heavy atom. The summed E-state index contributed by atoms with van der Waals surface area (Å²) in [6, 6.07) is 9.38. The smallest absolute Gasteiger partial charge is 0.129 e. The van der Waals surface area contributed by atoms with E-state index >= 15 is 0 Å². The zero-order chi connectivity index (χ0) is 9.97. The van der Waals surface area contributed by atoms with Gasteiger partial charge in [0.2, 0.25) is 0 Å². The van der Waals surface area contributed by atoms with E-state index in [2.05, 4.69) is 25.9 Å². The van der Waals surface area contributed by atoms with Crippen molar-refractivity contribution in [1.29, 1.82) is 0 Å². The predicted octanol–water partition coefficient (Wildman–Crippen LogP) is 3.56. The zero-order valence-electron chi connectivity index (χ0n) is 7.11. The molecule has 4 heteroatoms. The van der Waals surface area contributed by atoms with Crippen LogP contribution in [-0.4, -0.2) is 9.97 Å². The summed E-state index contributed by atoms with van der Waals surface area (Å²) in [4.78, 5) is 8.30. The van der Waals surface area contributed by atoms with Gasteiger partial charge in [0.15, 0.2) is 0 Å². The van der Waals surface area contributed by atoms with Gasteiger partial charge in [0.05, 0.1) is 5.69 Å². The monoisotopic (exact) mass is 268 g/mol. The lowest BCUT2D eigenvalue weighted by molar-refractivity contribution is 1.25. The lowest BCUT2D eigenvalue weighted by atomic mass is 10.2. The van der Waals surface area contributed by atoms with Crippen LogP contribution in [0.4, 0.5) is 0 Å². The second-order valence-corrected chi connectivity index (χ2v) is 3.91. The van der Waals surface area contributed by atoms with Gasteiger partial charge in [-0.1, -0.05) is 17.7 Å². The first-order valence-electron chi connectivity index (χ1n) is 4.00. The van der Waals surface area contributed by atoms with Crippen molar-refractivity contribution < 1.29 is 0 Å². The van der Waals surface area contributed by atoms with Crippen molar-refractivity contribution in [3.63, 3.8) is 0 Å². The number of rotatable bonds is 1. The molecule has 2 aromatic heterocycles. The Bertz CT molecular complexity index is 442. The maximum Gasteiger partial charge on any atom is 0.129 e. The second kappa shape index (κ2) is 4.07. The molecule has 0 saturated heterocycles. The molecular formula is C10H6BrClN2. The fraction of sp³-hybridized carbons (Fsp3) is 0. The highest BCUT2D eigenvalue weighted by Crippen LogP contribution is 2.19. The summed E-state index contributed by atoms with van der Waals surface area (Å²) in [5.41, 5.74) is 1.83. The fourth-order valence-corrected chi connectivity index (χ4v) is 1.55. The zero-order valence-corrected chi connectivity index (χ0v) is 9.46. The average molecular weight is 270 g/mol. The van der Waals surface area contributed by atoms with E-state index in [1.54, 1.807) is 12.3 Å². The minimum atomic E-state index is 0.490. The van der Waals surface area contributed by atoms with Crippen LogP contribution < -0.4 is 0 Å². The van der Waals surface area contributed by atoms with Crippen molar-refractivity contribution in [2.24, 2.45) is 0 Å². The average Bonchev–Trinajstić information content (AvgIpc) is 2.19. The first-order chi connectivity index (χ1) is 6.75. The van der Waals surface area contributed by atoms with Gasteiger partial charge in [0.25, 0.3) is 0 Å². The van der Waals surface area contributed by atoms with Crippen molar-refractivity contribution in [2.75, 3.05) is 0 Å².